The van der Waals surface area contributed by atoms with Crippen molar-refractivity contribution in [2.75, 3.05) is 25.0 Å². The summed E-state index contributed by atoms with van der Waals surface area (Å²) in [4.78, 5) is 34.3. The summed E-state index contributed by atoms with van der Waals surface area (Å²) in [5.74, 6) is -2.32. The van der Waals surface area contributed by atoms with Gasteiger partial charge in [0.15, 0.2) is 0 Å². The molecule has 0 aliphatic rings. The van der Waals surface area contributed by atoms with E-state index >= 15 is 0 Å². The maximum Gasteiger partial charge on any atom is 0.317 e. The normalized spacial score (nSPS) is 10.3. The molecule has 0 saturated heterocycles. The highest BCUT2D eigenvalue weighted by Gasteiger charge is 2.16. The number of rotatable bonds is 7. The zero-order chi connectivity index (χ0) is 15.1. The molecular formula is C12H14ClN3O4. The van der Waals surface area contributed by atoms with Crippen LogP contribution in [0.2, 0.25) is 5.02 Å². The van der Waals surface area contributed by atoms with Crippen LogP contribution in [0.25, 0.3) is 0 Å². The lowest BCUT2D eigenvalue weighted by atomic mass is 10.3. The quantitative estimate of drug-likeness (QED) is 0.663. The molecule has 0 aliphatic heterocycles. The Morgan fingerprint density at radius 1 is 1.25 bits per heavy atom. The lowest BCUT2D eigenvalue weighted by molar-refractivity contribution is -0.138. The molecule has 0 aromatic heterocycles. The number of nitrogens with one attached hydrogen (secondary N) is 1. The van der Waals surface area contributed by atoms with E-state index in [-0.39, 0.29) is 13.1 Å². The molecule has 0 spiro atoms. The average Bonchev–Trinajstić information content (AvgIpc) is 2.26. The molecule has 0 unspecified atom stereocenters. The first kappa shape index (κ1) is 15.9. The first-order chi connectivity index (χ1) is 9.36. The Balaban J connectivity index is 2.61. The third kappa shape index (κ3) is 6.17. The van der Waals surface area contributed by atoms with Crippen molar-refractivity contribution in [1.29, 1.82) is 0 Å². The maximum absolute atomic E-state index is 11.8. The molecule has 0 atom stereocenters. The topological polar surface area (TPSA) is 113 Å². The second-order valence-electron chi connectivity index (χ2n) is 4.06. The van der Waals surface area contributed by atoms with Gasteiger partial charge in [-0.1, -0.05) is 17.7 Å². The molecule has 0 radical (unpaired) electrons. The number of carbonyl (C=O) groups is 3. The van der Waals surface area contributed by atoms with Crippen molar-refractivity contribution in [2.24, 2.45) is 5.73 Å². The van der Waals surface area contributed by atoms with Crippen molar-refractivity contribution in [3.8, 4) is 0 Å². The van der Waals surface area contributed by atoms with Crippen molar-refractivity contribution in [1.82, 2.24) is 4.90 Å². The molecule has 0 bridgehead atoms. The molecule has 7 nitrogen and oxygen atoms in total. The lowest BCUT2D eigenvalue weighted by Crippen LogP contribution is -2.41. The second-order valence-corrected chi connectivity index (χ2v) is 4.50. The highest BCUT2D eigenvalue weighted by Crippen LogP contribution is 2.14. The Bertz CT molecular complexity index is 505. The molecule has 108 valence electrons. The number of primary amides is 1. The van der Waals surface area contributed by atoms with E-state index in [1.165, 1.54) is 0 Å². The number of carboxylic acid groups (broad SMARTS) is 1. The van der Waals surface area contributed by atoms with Gasteiger partial charge in [-0.25, -0.2) is 0 Å². The van der Waals surface area contributed by atoms with E-state index in [2.05, 4.69) is 5.32 Å². The number of hydrogen-bond acceptors (Lipinski definition) is 4. The van der Waals surface area contributed by atoms with Gasteiger partial charge >= 0.3 is 5.97 Å². The monoisotopic (exact) mass is 299 g/mol. The summed E-state index contributed by atoms with van der Waals surface area (Å²) in [5.41, 5.74) is 5.48. The number of anilines is 1. The average molecular weight is 300 g/mol. The molecule has 0 heterocycles. The Hall–Kier alpha value is -2.12. The number of aliphatic carboxylic acids is 1. The number of carbonyl (C=O) groups excluding carboxylic acids is 2. The molecular weight excluding hydrogens is 286 g/mol. The van der Waals surface area contributed by atoms with Gasteiger partial charge in [0.2, 0.25) is 11.8 Å². The van der Waals surface area contributed by atoms with Crippen LogP contribution < -0.4 is 11.1 Å². The Kier molecular flexibility index (Phi) is 5.95. The molecule has 1 rings (SSSR count). The van der Waals surface area contributed by atoms with Gasteiger partial charge in [0.1, 0.15) is 0 Å². The molecule has 4 N–H and O–H groups in total. The maximum atomic E-state index is 11.8. The molecule has 1 aromatic rings. The first-order valence-electron chi connectivity index (χ1n) is 5.64. The van der Waals surface area contributed by atoms with E-state index in [0.717, 1.165) is 4.90 Å². The van der Waals surface area contributed by atoms with Crippen molar-refractivity contribution in [3.05, 3.63) is 29.3 Å². The predicted octanol–water partition coefficient (Wildman–Crippen LogP) is 0.150. The van der Waals surface area contributed by atoms with Crippen LogP contribution in [0.4, 0.5) is 5.69 Å². The van der Waals surface area contributed by atoms with Crippen molar-refractivity contribution >= 4 is 35.1 Å². The molecule has 8 heteroatoms. The summed E-state index contributed by atoms with van der Waals surface area (Å²) < 4.78 is 0. The summed E-state index contributed by atoms with van der Waals surface area (Å²) in [6.45, 7) is -1.02. The fraction of sp³-hybridized carbons (Fsp3) is 0.250. The van der Waals surface area contributed by atoms with E-state index in [0.29, 0.717) is 10.7 Å². The Morgan fingerprint density at radius 2 is 1.95 bits per heavy atom. The molecule has 0 aliphatic carbocycles. The molecule has 2 amide bonds. The first-order valence-corrected chi connectivity index (χ1v) is 6.02. The van der Waals surface area contributed by atoms with Crippen LogP contribution in [0.5, 0.6) is 0 Å². The van der Waals surface area contributed by atoms with Crippen LogP contribution in [0.1, 0.15) is 0 Å². The van der Waals surface area contributed by atoms with Crippen molar-refractivity contribution in [3.63, 3.8) is 0 Å². The number of carboxylic acids is 1. The summed E-state index contributed by atoms with van der Waals surface area (Å²) in [6, 6.07) is 6.51. The summed E-state index contributed by atoms with van der Waals surface area (Å²) in [7, 11) is 0. The minimum absolute atomic E-state index is 0.262. The van der Waals surface area contributed by atoms with Crippen LogP contribution in [0.15, 0.2) is 24.3 Å². The third-order valence-electron chi connectivity index (χ3n) is 2.21. The fourth-order valence-electron chi connectivity index (χ4n) is 1.55. The van der Waals surface area contributed by atoms with E-state index in [9.17, 15) is 14.4 Å². The van der Waals surface area contributed by atoms with Crippen LogP contribution in [-0.2, 0) is 14.4 Å². The minimum Gasteiger partial charge on any atom is -0.480 e. The standard InChI is InChI=1S/C12H14ClN3O4/c13-8-2-1-3-9(4-8)15-11(18)6-16(5-10(14)17)7-12(19)20/h1-4H,5-7H2,(H2,14,17)(H,15,18)(H,19,20). The summed E-state index contributed by atoms with van der Waals surface area (Å²) >= 11 is 5.77. The van der Waals surface area contributed by atoms with E-state index < -0.39 is 24.3 Å². The van der Waals surface area contributed by atoms with Crippen LogP contribution in [-0.4, -0.2) is 47.4 Å². The van der Waals surface area contributed by atoms with E-state index in [4.69, 9.17) is 22.4 Å². The highest BCUT2D eigenvalue weighted by atomic mass is 35.5. The summed E-state index contributed by atoms with van der Waals surface area (Å²) in [6.07, 6.45) is 0. The van der Waals surface area contributed by atoms with Crippen LogP contribution in [0.3, 0.4) is 0 Å². The van der Waals surface area contributed by atoms with Gasteiger partial charge in [-0.3, -0.25) is 19.3 Å². The number of nitrogens with two attached hydrogens (primary N) is 1. The Labute approximate surface area is 120 Å². The second kappa shape index (κ2) is 7.46. The number of benzene rings is 1. The number of halogens is 1. The molecule has 1 aromatic carbocycles. The minimum atomic E-state index is -1.15. The SMILES string of the molecule is NC(=O)CN(CC(=O)O)CC(=O)Nc1cccc(Cl)c1. The van der Waals surface area contributed by atoms with Gasteiger partial charge in [-0.05, 0) is 18.2 Å². The van der Waals surface area contributed by atoms with Gasteiger partial charge < -0.3 is 16.2 Å². The van der Waals surface area contributed by atoms with Crippen LogP contribution in [0, 0.1) is 0 Å². The zero-order valence-electron chi connectivity index (χ0n) is 10.5. The number of nitrogens with zero attached hydrogens (tertiary/aromatic N) is 1. The van der Waals surface area contributed by atoms with Gasteiger partial charge in [-0.15, -0.1) is 0 Å². The molecule has 0 saturated carbocycles. The van der Waals surface area contributed by atoms with E-state index in [1.807, 2.05) is 0 Å². The zero-order valence-corrected chi connectivity index (χ0v) is 11.3. The lowest BCUT2D eigenvalue weighted by Gasteiger charge is -2.17. The van der Waals surface area contributed by atoms with Gasteiger partial charge in [0.25, 0.3) is 0 Å². The number of hydrogen-bond donors (Lipinski definition) is 3. The smallest absolute Gasteiger partial charge is 0.317 e. The van der Waals surface area contributed by atoms with Crippen molar-refractivity contribution < 1.29 is 19.5 Å². The van der Waals surface area contributed by atoms with Crippen LogP contribution >= 0.6 is 11.6 Å². The molecule has 20 heavy (non-hydrogen) atoms. The predicted molar refractivity (Wildman–Crippen MR) is 73.4 cm³/mol. The Morgan fingerprint density at radius 3 is 2.50 bits per heavy atom. The van der Waals surface area contributed by atoms with Gasteiger partial charge in [-0.2, -0.15) is 0 Å². The largest absolute Gasteiger partial charge is 0.480 e. The molecule has 0 fully saturated rings. The highest BCUT2D eigenvalue weighted by molar-refractivity contribution is 6.30. The van der Waals surface area contributed by atoms with Crippen molar-refractivity contribution in [2.45, 2.75) is 0 Å². The van der Waals surface area contributed by atoms with Gasteiger partial charge in [0.05, 0.1) is 19.6 Å². The summed E-state index contributed by atoms with van der Waals surface area (Å²) in [5, 5.41) is 11.7. The number of amides is 2. The third-order valence-corrected chi connectivity index (χ3v) is 2.45. The fourth-order valence-corrected chi connectivity index (χ4v) is 1.74. The van der Waals surface area contributed by atoms with Gasteiger partial charge in [0, 0.05) is 10.7 Å². The van der Waals surface area contributed by atoms with E-state index in [1.54, 1.807) is 24.3 Å².